The van der Waals surface area contributed by atoms with Gasteiger partial charge < -0.3 is 10.2 Å². The molecule has 5 rings (SSSR count). The Morgan fingerprint density at radius 2 is 1.97 bits per heavy atom. The summed E-state index contributed by atoms with van der Waals surface area (Å²) in [5.41, 5.74) is 2.37. The highest BCUT2D eigenvalue weighted by Gasteiger charge is 2.61. The van der Waals surface area contributed by atoms with E-state index in [4.69, 9.17) is 11.6 Å². The van der Waals surface area contributed by atoms with Gasteiger partial charge in [-0.3, -0.25) is 0 Å². The maximum atomic E-state index is 11.7. The number of halogens is 1. The van der Waals surface area contributed by atoms with Crippen molar-refractivity contribution in [3.05, 3.63) is 40.7 Å². The van der Waals surface area contributed by atoms with Gasteiger partial charge in [0.2, 0.25) is 0 Å². The summed E-state index contributed by atoms with van der Waals surface area (Å²) >= 11 is 6.29. The van der Waals surface area contributed by atoms with Crippen LogP contribution in [0.2, 0.25) is 5.15 Å². The second-order valence-electron chi connectivity index (χ2n) is 12.1. The number of aliphatic hydroxyl groups is 2. The zero-order valence-electron chi connectivity index (χ0n) is 20.0. The molecule has 4 aliphatic carbocycles. The third-order valence-corrected chi connectivity index (χ3v) is 10.9. The predicted octanol–water partition coefficient (Wildman–Crippen LogP) is 6.36. The Kier molecular flexibility index (Phi) is 5.79. The molecule has 8 atom stereocenters. The number of aryl methyl sites for hydroxylation is 1. The second-order valence-corrected chi connectivity index (χ2v) is 12.5. The van der Waals surface area contributed by atoms with Crippen LogP contribution in [0.3, 0.4) is 0 Å². The van der Waals surface area contributed by atoms with E-state index in [0.29, 0.717) is 17.0 Å². The molecule has 1 unspecified atom stereocenters. The van der Waals surface area contributed by atoms with Gasteiger partial charge in [-0.1, -0.05) is 43.2 Å². The number of nitrogens with zero attached hydrogens (tertiary/aromatic N) is 1. The second kappa shape index (κ2) is 8.10. The van der Waals surface area contributed by atoms with Crippen LogP contribution in [0.25, 0.3) is 0 Å². The van der Waals surface area contributed by atoms with Gasteiger partial charge in [-0.05, 0) is 117 Å². The van der Waals surface area contributed by atoms with Crippen molar-refractivity contribution >= 4 is 11.6 Å². The number of fused-ring (bicyclic) bond motifs is 5. The normalized spacial score (nSPS) is 42.9. The van der Waals surface area contributed by atoms with Crippen molar-refractivity contribution in [2.75, 3.05) is 0 Å². The third kappa shape index (κ3) is 3.58. The fraction of sp³-hybridized carbons (Fsp3) is 0.750. The molecule has 0 amide bonds. The molecule has 4 heteroatoms. The summed E-state index contributed by atoms with van der Waals surface area (Å²) in [6, 6.07) is 3.96. The van der Waals surface area contributed by atoms with E-state index in [0.717, 1.165) is 55.9 Å². The number of rotatable bonds is 4. The molecular weight excluding hydrogens is 418 g/mol. The van der Waals surface area contributed by atoms with Crippen LogP contribution in [0.1, 0.15) is 84.1 Å². The summed E-state index contributed by atoms with van der Waals surface area (Å²) < 4.78 is 0. The van der Waals surface area contributed by atoms with Gasteiger partial charge in [0.25, 0.3) is 0 Å². The Bertz CT molecular complexity index is 897. The predicted molar refractivity (Wildman–Crippen MR) is 129 cm³/mol. The van der Waals surface area contributed by atoms with Crippen molar-refractivity contribution < 1.29 is 10.2 Å². The van der Waals surface area contributed by atoms with Crippen molar-refractivity contribution in [1.82, 2.24) is 4.98 Å². The number of allylic oxidation sites excluding steroid dienone is 1. The molecule has 0 spiro atoms. The largest absolute Gasteiger partial charge is 0.393 e. The van der Waals surface area contributed by atoms with Crippen LogP contribution in [0.4, 0.5) is 0 Å². The Labute approximate surface area is 198 Å². The van der Waals surface area contributed by atoms with Crippen molar-refractivity contribution in [3.8, 4) is 0 Å². The molecule has 1 aromatic heterocycles. The van der Waals surface area contributed by atoms with Gasteiger partial charge in [0, 0.05) is 6.20 Å². The molecule has 3 saturated carbocycles. The summed E-state index contributed by atoms with van der Waals surface area (Å²) in [6.07, 6.45) is 14.6. The number of aromatic nitrogens is 1. The third-order valence-electron chi connectivity index (χ3n) is 10.6. The Hall–Kier alpha value is -0.900. The van der Waals surface area contributed by atoms with Gasteiger partial charge in [-0.15, -0.1) is 0 Å². The molecular formula is C28H40ClNO2. The summed E-state index contributed by atoms with van der Waals surface area (Å²) in [5.74, 6) is 2.50. The van der Waals surface area contributed by atoms with E-state index in [9.17, 15) is 10.2 Å². The smallest absolute Gasteiger partial charge is 0.132 e. The van der Waals surface area contributed by atoms with Gasteiger partial charge in [0.05, 0.1) is 11.7 Å². The molecule has 32 heavy (non-hydrogen) atoms. The lowest BCUT2D eigenvalue weighted by Crippen LogP contribution is -2.53. The molecule has 176 valence electrons. The summed E-state index contributed by atoms with van der Waals surface area (Å²) in [7, 11) is 0. The topological polar surface area (TPSA) is 53.4 Å². The molecule has 0 saturated heterocycles. The summed E-state index contributed by atoms with van der Waals surface area (Å²) in [6.45, 7) is 7.05. The average molecular weight is 458 g/mol. The minimum Gasteiger partial charge on any atom is -0.393 e. The first-order valence-electron chi connectivity index (χ1n) is 12.8. The molecule has 0 radical (unpaired) electrons. The molecule has 3 fully saturated rings. The van der Waals surface area contributed by atoms with Gasteiger partial charge in [0.15, 0.2) is 0 Å². The Balaban J connectivity index is 1.35. The first-order chi connectivity index (χ1) is 15.1. The molecule has 2 N–H and O–H groups in total. The van der Waals surface area contributed by atoms with Crippen LogP contribution in [0.15, 0.2) is 30.0 Å². The first kappa shape index (κ1) is 22.9. The number of aliphatic hydroxyl groups excluding tert-OH is 1. The molecule has 4 aliphatic rings. The summed E-state index contributed by atoms with van der Waals surface area (Å²) in [5, 5.41) is 22.5. The quantitative estimate of drug-likeness (QED) is 0.408. The molecule has 3 nitrogen and oxygen atoms in total. The highest BCUT2D eigenvalue weighted by Crippen LogP contribution is 2.67. The maximum Gasteiger partial charge on any atom is 0.132 e. The van der Waals surface area contributed by atoms with Gasteiger partial charge in [-0.25, -0.2) is 4.98 Å². The zero-order chi connectivity index (χ0) is 22.7. The van der Waals surface area contributed by atoms with Gasteiger partial charge in [-0.2, -0.15) is 0 Å². The van der Waals surface area contributed by atoms with E-state index < -0.39 is 5.60 Å². The fourth-order valence-corrected chi connectivity index (χ4v) is 9.04. The average Bonchev–Trinajstić information content (AvgIpc) is 3.12. The van der Waals surface area contributed by atoms with Crippen molar-refractivity contribution in [2.45, 2.75) is 96.7 Å². The first-order valence-corrected chi connectivity index (χ1v) is 13.2. The van der Waals surface area contributed by atoms with E-state index in [-0.39, 0.29) is 16.9 Å². The Morgan fingerprint density at radius 3 is 2.75 bits per heavy atom. The van der Waals surface area contributed by atoms with Crippen molar-refractivity contribution in [2.24, 2.45) is 34.5 Å². The standard InChI is InChI=1S/C28H40ClNO2/c1-26-13-11-20(31)17-19(26)6-7-21-22-8-9-24(27(22,2)14-12-23(21)26)28(3,32)15-10-18-5-4-16-30-25(18)29/h4-6,16,20-24,31-32H,7-15,17H2,1-3H3/t20-,21-,22-,23-,24-,26-,27-,28?/m0/s1. The van der Waals surface area contributed by atoms with Gasteiger partial charge in [0.1, 0.15) is 5.15 Å². The van der Waals surface area contributed by atoms with Gasteiger partial charge >= 0.3 is 0 Å². The molecule has 1 aromatic rings. The molecule has 0 aromatic carbocycles. The lowest BCUT2D eigenvalue weighted by atomic mass is 9.46. The lowest BCUT2D eigenvalue weighted by Gasteiger charge is -2.59. The number of hydrogen-bond acceptors (Lipinski definition) is 3. The Morgan fingerprint density at radius 1 is 1.16 bits per heavy atom. The van der Waals surface area contributed by atoms with Crippen LogP contribution >= 0.6 is 11.6 Å². The van der Waals surface area contributed by atoms with Crippen LogP contribution in [0.5, 0.6) is 0 Å². The number of hydrogen-bond donors (Lipinski definition) is 2. The van der Waals surface area contributed by atoms with Crippen LogP contribution < -0.4 is 0 Å². The maximum absolute atomic E-state index is 11.7. The highest BCUT2D eigenvalue weighted by molar-refractivity contribution is 6.30. The van der Waals surface area contributed by atoms with Crippen LogP contribution in [-0.4, -0.2) is 26.9 Å². The minimum absolute atomic E-state index is 0.140. The van der Waals surface area contributed by atoms with E-state index >= 15 is 0 Å². The van der Waals surface area contributed by atoms with Crippen LogP contribution in [-0.2, 0) is 6.42 Å². The molecule has 1 heterocycles. The molecule has 0 aliphatic heterocycles. The van der Waals surface area contributed by atoms with E-state index in [1.165, 1.54) is 31.3 Å². The fourth-order valence-electron chi connectivity index (χ4n) is 8.83. The van der Waals surface area contributed by atoms with E-state index in [2.05, 4.69) is 31.8 Å². The SMILES string of the molecule is CC(O)(CCc1cccnc1Cl)[C@H]1CC[C@H]2[C@@H]3CC=C4C[C@@H](O)CC[C@]4(C)[C@H]3CC[C@]12C. The minimum atomic E-state index is -0.690. The van der Waals surface area contributed by atoms with Crippen molar-refractivity contribution in [1.29, 1.82) is 0 Å². The van der Waals surface area contributed by atoms with E-state index in [1.807, 2.05) is 12.1 Å². The van der Waals surface area contributed by atoms with Crippen LogP contribution in [0, 0.1) is 34.5 Å². The number of pyridine rings is 1. The van der Waals surface area contributed by atoms with E-state index in [1.54, 1.807) is 6.20 Å². The zero-order valence-corrected chi connectivity index (χ0v) is 20.7. The molecule has 0 bridgehead atoms. The summed E-state index contributed by atoms with van der Waals surface area (Å²) in [4.78, 5) is 4.21. The monoisotopic (exact) mass is 457 g/mol. The van der Waals surface area contributed by atoms with Crippen molar-refractivity contribution in [3.63, 3.8) is 0 Å². The lowest BCUT2D eigenvalue weighted by molar-refractivity contribution is -0.104. The highest BCUT2D eigenvalue weighted by atomic mass is 35.5.